The fourth-order valence-corrected chi connectivity index (χ4v) is 2.32. The maximum atomic E-state index is 12.6. The summed E-state index contributed by atoms with van der Waals surface area (Å²) in [6.45, 7) is 1.43. The molecule has 0 spiro atoms. The normalized spacial score (nSPS) is 15.5. The molecule has 0 aliphatic heterocycles. The van der Waals surface area contributed by atoms with Gasteiger partial charge in [-0.15, -0.1) is 0 Å². The first-order valence-corrected chi connectivity index (χ1v) is 7.85. The van der Waals surface area contributed by atoms with Crippen LogP contribution in [-0.2, 0) is 9.59 Å². The first-order chi connectivity index (χ1) is 12.0. The molecule has 1 aromatic rings. The van der Waals surface area contributed by atoms with Crippen molar-refractivity contribution in [3.63, 3.8) is 0 Å². The smallest absolute Gasteiger partial charge is 0.253 e. The second kappa shape index (κ2) is 8.74. The lowest BCUT2D eigenvalue weighted by Gasteiger charge is -2.23. The number of aromatic nitrogens is 1. The summed E-state index contributed by atoms with van der Waals surface area (Å²) in [5.41, 5.74) is 2.37. The third-order valence-corrected chi connectivity index (χ3v) is 3.78. The van der Waals surface area contributed by atoms with Gasteiger partial charge in [-0.05, 0) is 31.1 Å². The van der Waals surface area contributed by atoms with Gasteiger partial charge in [0.05, 0.1) is 11.5 Å². The van der Waals surface area contributed by atoms with Crippen LogP contribution in [0, 0.1) is 5.92 Å². The summed E-state index contributed by atoms with van der Waals surface area (Å²) in [7, 11) is 0. The summed E-state index contributed by atoms with van der Waals surface area (Å²) >= 11 is 0. The zero-order valence-corrected chi connectivity index (χ0v) is 13.7. The number of allylic oxidation sites excluding steroid dienone is 3. The molecule has 8 nitrogen and oxygen atoms in total. The van der Waals surface area contributed by atoms with Crippen LogP contribution in [0.25, 0.3) is 0 Å². The van der Waals surface area contributed by atoms with Crippen LogP contribution < -0.4 is 16.1 Å². The van der Waals surface area contributed by atoms with E-state index in [4.69, 9.17) is 5.21 Å². The predicted octanol–water partition coefficient (Wildman–Crippen LogP) is 0.672. The maximum Gasteiger partial charge on any atom is 0.253 e. The van der Waals surface area contributed by atoms with Crippen LogP contribution in [0.2, 0.25) is 0 Å². The minimum absolute atomic E-state index is 0.258. The standard InChI is InChI=1S/C17H20N4O4/c1-11(15(22)21-25)14(17(24)19-13-7-3-2-4-8-13)20-16(23)12-6-5-9-18-10-12/h3,5-11,14,25H,2,4H2,1H3,(H,19,24)(H,20,23)(H,21,22)/t11-,14+/m1/s1. The number of hydrogen-bond donors (Lipinski definition) is 4. The number of nitrogens with zero attached hydrogens (tertiary/aromatic N) is 1. The summed E-state index contributed by atoms with van der Waals surface area (Å²) in [6, 6.07) is 1.96. The number of hydrogen-bond acceptors (Lipinski definition) is 5. The Morgan fingerprint density at radius 1 is 1.24 bits per heavy atom. The van der Waals surface area contributed by atoms with Gasteiger partial charge in [0.1, 0.15) is 6.04 Å². The van der Waals surface area contributed by atoms with Crippen LogP contribution in [0.4, 0.5) is 0 Å². The Hall–Kier alpha value is -3.00. The molecule has 25 heavy (non-hydrogen) atoms. The van der Waals surface area contributed by atoms with Crippen molar-refractivity contribution >= 4 is 17.7 Å². The largest absolute Gasteiger partial charge is 0.339 e. The summed E-state index contributed by atoms with van der Waals surface area (Å²) in [5, 5.41) is 14.0. The van der Waals surface area contributed by atoms with E-state index in [1.54, 1.807) is 18.2 Å². The second-order valence-corrected chi connectivity index (χ2v) is 5.59. The predicted molar refractivity (Wildman–Crippen MR) is 89.2 cm³/mol. The molecule has 2 rings (SSSR count). The van der Waals surface area contributed by atoms with Crippen LogP contribution in [0.15, 0.2) is 48.5 Å². The summed E-state index contributed by atoms with van der Waals surface area (Å²) < 4.78 is 0. The number of rotatable bonds is 6. The van der Waals surface area contributed by atoms with Crippen molar-refractivity contribution in [2.24, 2.45) is 5.92 Å². The van der Waals surface area contributed by atoms with Gasteiger partial charge in [0.25, 0.3) is 5.91 Å². The van der Waals surface area contributed by atoms with Crippen molar-refractivity contribution in [2.45, 2.75) is 25.8 Å². The van der Waals surface area contributed by atoms with Gasteiger partial charge in [0, 0.05) is 18.1 Å². The van der Waals surface area contributed by atoms with Crippen LogP contribution in [-0.4, -0.2) is 34.0 Å². The second-order valence-electron chi connectivity index (χ2n) is 5.59. The SMILES string of the molecule is C[C@@H](C(=O)NO)[C@H](NC(=O)c1cccnc1)C(=O)NC1=CCCC=C1. The Kier molecular flexibility index (Phi) is 6.41. The van der Waals surface area contributed by atoms with Crippen LogP contribution >= 0.6 is 0 Å². The minimum Gasteiger partial charge on any atom is -0.339 e. The van der Waals surface area contributed by atoms with E-state index in [1.807, 2.05) is 12.2 Å². The first-order valence-electron chi connectivity index (χ1n) is 7.85. The van der Waals surface area contributed by atoms with E-state index < -0.39 is 29.7 Å². The van der Waals surface area contributed by atoms with Gasteiger partial charge in [0.2, 0.25) is 11.8 Å². The minimum atomic E-state index is -1.17. The van der Waals surface area contributed by atoms with Crippen molar-refractivity contribution in [3.8, 4) is 0 Å². The van der Waals surface area contributed by atoms with E-state index >= 15 is 0 Å². The molecule has 3 amide bonds. The van der Waals surface area contributed by atoms with E-state index in [0.717, 1.165) is 12.8 Å². The van der Waals surface area contributed by atoms with Gasteiger partial charge in [-0.2, -0.15) is 0 Å². The topological polar surface area (TPSA) is 120 Å². The van der Waals surface area contributed by atoms with Gasteiger partial charge < -0.3 is 10.6 Å². The molecule has 0 bridgehead atoms. The van der Waals surface area contributed by atoms with Crippen molar-refractivity contribution in [1.29, 1.82) is 0 Å². The Balaban J connectivity index is 2.15. The molecule has 132 valence electrons. The molecule has 0 saturated heterocycles. The lowest BCUT2D eigenvalue weighted by atomic mass is 9.99. The molecule has 1 aliphatic carbocycles. The molecule has 0 aromatic carbocycles. The lowest BCUT2D eigenvalue weighted by Crippen LogP contribution is -2.53. The monoisotopic (exact) mass is 344 g/mol. The molecular formula is C17H20N4O4. The molecule has 2 atom stereocenters. The summed E-state index contributed by atoms with van der Waals surface area (Å²) in [6.07, 6.45) is 10.1. The molecule has 0 saturated carbocycles. The van der Waals surface area contributed by atoms with E-state index in [-0.39, 0.29) is 5.56 Å². The van der Waals surface area contributed by atoms with Gasteiger partial charge in [-0.1, -0.05) is 19.1 Å². The molecule has 1 aliphatic rings. The molecule has 1 heterocycles. The number of carbonyl (C=O) groups is 3. The molecule has 4 N–H and O–H groups in total. The number of carbonyl (C=O) groups excluding carboxylic acids is 3. The summed E-state index contributed by atoms with van der Waals surface area (Å²) in [4.78, 5) is 40.5. The van der Waals surface area contributed by atoms with Crippen LogP contribution in [0.3, 0.4) is 0 Å². The average molecular weight is 344 g/mol. The van der Waals surface area contributed by atoms with E-state index in [1.165, 1.54) is 24.8 Å². The van der Waals surface area contributed by atoms with Crippen molar-refractivity contribution < 1.29 is 19.6 Å². The van der Waals surface area contributed by atoms with Crippen molar-refractivity contribution in [2.75, 3.05) is 0 Å². The summed E-state index contributed by atoms with van der Waals surface area (Å²) in [5.74, 6) is -2.86. The Morgan fingerprint density at radius 3 is 2.64 bits per heavy atom. The van der Waals surface area contributed by atoms with Crippen LogP contribution in [0.5, 0.6) is 0 Å². The number of nitrogens with one attached hydrogen (secondary N) is 3. The van der Waals surface area contributed by atoms with E-state index in [0.29, 0.717) is 5.70 Å². The third kappa shape index (κ3) is 4.98. The highest BCUT2D eigenvalue weighted by Gasteiger charge is 2.32. The molecular weight excluding hydrogens is 324 g/mol. The van der Waals surface area contributed by atoms with Gasteiger partial charge in [-0.3, -0.25) is 24.6 Å². The highest BCUT2D eigenvalue weighted by atomic mass is 16.5. The van der Waals surface area contributed by atoms with Crippen molar-refractivity contribution in [1.82, 2.24) is 21.1 Å². The van der Waals surface area contributed by atoms with Gasteiger partial charge >= 0.3 is 0 Å². The van der Waals surface area contributed by atoms with E-state index in [9.17, 15) is 14.4 Å². The lowest BCUT2D eigenvalue weighted by molar-refractivity contribution is -0.137. The zero-order valence-electron chi connectivity index (χ0n) is 13.7. The fourth-order valence-electron chi connectivity index (χ4n) is 2.32. The number of pyridine rings is 1. The quantitative estimate of drug-likeness (QED) is 0.446. The molecule has 0 fully saturated rings. The molecule has 1 aromatic heterocycles. The zero-order chi connectivity index (χ0) is 18.2. The van der Waals surface area contributed by atoms with Crippen molar-refractivity contribution in [3.05, 3.63) is 54.0 Å². The Labute approximate surface area is 145 Å². The third-order valence-electron chi connectivity index (χ3n) is 3.78. The number of amides is 3. The Bertz CT molecular complexity index is 700. The Morgan fingerprint density at radius 2 is 2.04 bits per heavy atom. The molecule has 8 heteroatoms. The number of hydroxylamine groups is 1. The van der Waals surface area contributed by atoms with Crippen LogP contribution in [0.1, 0.15) is 30.1 Å². The first kappa shape index (κ1) is 18.3. The highest BCUT2D eigenvalue weighted by molar-refractivity contribution is 5.99. The molecule has 0 radical (unpaired) electrons. The molecule has 0 unspecified atom stereocenters. The van der Waals surface area contributed by atoms with Gasteiger partial charge in [-0.25, -0.2) is 5.48 Å². The highest BCUT2D eigenvalue weighted by Crippen LogP contribution is 2.10. The van der Waals surface area contributed by atoms with Gasteiger partial charge in [0.15, 0.2) is 0 Å². The average Bonchev–Trinajstić information content (AvgIpc) is 2.66. The fraction of sp³-hybridized carbons (Fsp3) is 0.294. The van der Waals surface area contributed by atoms with E-state index in [2.05, 4.69) is 15.6 Å². The maximum absolute atomic E-state index is 12.6.